The summed E-state index contributed by atoms with van der Waals surface area (Å²) >= 11 is 0. The van der Waals surface area contributed by atoms with Crippen LogP contribution < -0.4 is 5.32 Å². The molecule has 2 aliphatic rings. The molecule has 1 N–H and O–H groups in total. The summed E-state index contributed by atoms with van der Waals surface area (Å²) < 4.78 is 7.74. The molecule has 1 aromatic heterocycles. The third-order valence-electron chi connectivity index (χ3n) is 4.68. The monoisotopic (exact) mass is 263 g/mol. The second-order valence-corrected chi connectivity index (χ2v) is 5.88. The molecule has 0 amide bonds. The topological polar surface area (TPSA) is 39.1 Å². The van der Waals surface area contributed by atoms with E-state index in [-0.39, 0.29) is 0 Å². The van der Waals surface area contributed by atoms with Crippen molar-refractivity contribution in [3.05, 3.63) is 12.4 Å². The quantitative estimate of drug-likeness (QED) is 0.768. The minimum Gasteiger partial charge on any atom is -0.382 e. The second-order valence-electron chi connectivity index (χ2n) is 5.88. The summed E-state index contributed by atoms with van der Waals surface area (Å²) in [5.41, 5.74) is 0. The number of fused-ring (bicyclic) bond motifs is 2. The summed E-state index contributed by atoms with van der Waals surface area (Å²) in [5.74, 6) is 2.92. The van der Waals surface area contributed by atoms with Gasteiger partial charge in [-0.25, -0.2) is 4.98 Å². The molecule has 3 rings (SSSR count). The number of hydrogen-bond donors (Lipinski definition) is 1. The van der Waals surface area contributed by atoms with Crippen LogP contribution in [-0.2, 0) is 4.74 Å². The lowest BCUT2D eigenvalue weighted by Crippen LogP contribution is -2.19. The molecule has 2 saturated carbocycles. The number of imidazole rings is 1. The molecule has 2 aliphatic carbocycles. The van der Waals surface area contributed by atoms with E-state index < -0.39 is 0 Å². The van der Waals surface area contributed by atoms with Crippen LogP contribution in [0.15, 0.2) is 12.4 Å². The molecule has 1 aromatic rings. The molecule has 4 nitrogen and oxygen atoms in total. The second kappa shape index (κ2) is 5.95. The normalized spacial score (nSPS) is 29.0. The lowest BCUT2D eigenvalue weighted by molar-refractivity contribution is 0.147. The number of aromatic nitrogens is 2. The third-order valence-corrected chi connectivity index (χ3v) is 4.68. The average molecular weight is 263 g/mol. The van der Waals surface area contributed by atoms with Crippen molar-refractivity contribution in [1.82, 2.24) is 9.55 Å². The minimum atomic E-state index is 0.690. The van der Waals surface area contributed by atoms with Gasteiger partial charge in [0, 0.05) is 38.2 Å². The Morgan fingerprint density at radius 1 is 1.42 bits per heavy atom. The Labute approximate surface area is 115 Å². The molecule has 0 saturated heterocycles. The fourth-order valence-electron chi connectivity index (χ4n) is 3.79. The van der Waals surface area contributed by atoms with Gasteiger partial charge in [0.2, 0.25) is 5.95 Å². The van der Waals surface area contributed by atoms with Crippen LogP contribution in [0.3, 0.4) is 0 Å². The zero-order valence-corrected chi connectivity index (χ0v) is 11.8. The molecule has 0 spiro atoms. The van der Waals surface area contributed by atoms with Crippen LogP contribution in [-0.4, -0.2) is 29.3 Å². The van der Waals surface area contributed by atoms with Gasteiger partial charge in [0.15, 0.2) is 0 Å². The molecule has 3 unspecified atom stereocenters. The molecular formula is C15H25N3O. The van der Waals surface area contributed by atoms with Crippen LogP contribution >= 0.6 is 0 Å². The number of anilines is 1. The molecule has 2 bridgehead atoms. The van der Waals surface area contributed by atoms with Gasteiger partial charge in [-0.1, -0.05) is 6.42 Å². The van der Waals surface area contributed by atoms with E-state index in [1.165, 1.54) is 25.7 Å². The van der Waals surface area contributed by atoms with Crippen molar-refractivity contribution >= 4 is 5.95 Å². The van der Waals surface area contributed by atoms with Gasteiger partial charge >= 0.3 is 0 Å². The maximum atomic E-state index is 5.36. The van der Waals surface area contributed by atoms with Crippen molar-refractivity contribution in [1.29, 1.82) is 0 Å². The van der Waals surface area contributed by atoms with E-state index in [4.69, 9.17) is 4.74 Å². The van der Waals surface area contributed by atoms with Crippen LogP contribution in [0.4, 0.5) is 5.95 Å². The van der Waals surface area contributed by atoms with Gasteiger partial charge in [-0.05, 0) is 44.4 Å². The molecule has 106 valence electrons. The highest BCUT2D eigenvalue weighted by molar-refractivity contribution is 5.27. The largest absolute Gasteiger partial charge is 0.382 e. The van der Waals surface area contributed by atoms with Crippen molar-refractivity contribution < 1.29 is 4.74 Å². The average Bonchev–Trinajstić information content (AvgIpc) is 3.14. The van der Waals surface area contributed by atoms with Crippen molar-refractivity contribution in [2.45, 2.75) is 45.1 Å². The van der Waals surface area contributed by atoms with Crippen molar-refractivity contribution in [3.63, 3.8) is 0 Å². The van der Waals surface area contributed by atoms with Gasteiger partial charge in [-0.15, -0.1) is 0 Å². The molecule has 0 aliphatic heterocycles. The molecule has 2 fully saturated rings. The van der Waals surface area contributed by atoms with Crippen LogP contribution in [0.5, 0.6) is 0 Å². The number of nitrogens with zero attached hydrogens (tertiary/aromatic N) is 2. The summed E-state index contributed by atoms with van der Waals surface area (Å²) in [6, 6.07) is 0.690. The standard InChI is InChI=1S/C15H25N3O/c1-2-19-9-3-6-16-15-17-7-8-18(15)14-11-12-4-5-13(14)10-12/h7-8,12-14H,2-6,9-11H2,1H3,(H,16,17). The highest BCUT2D eigenvalue weighted by Crippen LogP contribution is 2.51. The molecule has 1 heterocycles. The zero-order chi connectivity index (χ0) is 13.1. The molecular weight excluding hydrogens is 238 g/mol. The smallest absolute Gasteiger partial charge is 0.203 e. The Kier molecular flexibility index (Phi) is 4.06. The summed E-state index contributed by atoms with van der Waals surface area (Å²) in [5, 5.41) is 3.46. The summed E-state index contributed by atoms with van der Waals surface area (Å²) in [4.78, 5) is 4.47. The Bertz CT molecular complexity index is 404. The van der Waals surface area contributed by atoms with E-state index in [1.807, 2.05) is 13.1 Å². The first-order chi connectivity index (χ1) is 9.38. The SMILES string of the molecule is CCOCCCNc1nccn1C1CC2CCC1C2. The van der Waals surface area contributed by atoms with E-state index in [0.29, 0.717) is 6.04 Å². The molecule has 4 heteroatoms. The first-order valence-electron chi connectivity index (χ1n) is 7.73. The Balaban J connectivity index is 1.54. The first-order valence-corrected chi connectivity index (χ1v) is 7.73. The van der Waals surface area contributed by atoms with Crippen molar-refractivity contribution in [2.75, 3.05) is 25.1 Å². The van der Waals surface area contributed by atoms with Crippen LogP contribution in [0.1, 0.15) is 45.1 Å². The zero-order valence-electron chi connectivity index (χ0n) is 11.8. The molecule has 3 atom stereocenters. The van der Waals surface area contributed by atoms with Crippen LogP contribution in [0.2, 0.25) is 0 Å². The number of hydrogen-bond acceptors (Lipinski definition) is 3. The van der Waals surface area contributed by atoms with Gasteiger partial charge in [-0.3, -0.25) is 0 Å². The van der Waals surface area contributed by atoms with E-state index in [2.05, 4.69) is 21.1 Å². The van der Waals surface area contributed by atoms with Crippen molar-refractivity contribution in [3.8, 4) is 0 Å². The Hall–Kier alpha value is -1.03. The van der Waals surface area contributed by atoms with Gasteiger partial charge in [0.1, 0.15) is 0 Å². The van der Waals surface area contributed by atoms with Gasteiger partial charge in [0.25, 0.3) is 0 Å². The summed E-state index contributed by atoms with van der Waals surface area (Å²) in [6.07, 6.45) is 10.8. The predicted octanol–water partition coefficient (Wildman–Crippen LogP) is 3.08. The van der Waals surface area contributed by atoms with Gasteiger partial charge in [-0.2, -0.15) is 0 Å². The van der Waals surface area contributed by atoms with Crippen molar-refractivity contribution in [2.24, 2.45) is 11.8 Å². The van der Waals surface area contributed by atoms with Crippen LogP contribution in [0, 0.1) is 11.8 Å². The summed E-state index contributed by atoms with van der Waals surface area (Å²) in [6.45, 7) is 4.62. The predicted molar refractivity (Wildman–Crippen MR) is 76.3 cm³/mol. The maximum absolute atomic E-state index is 5.36. The molecule has 19 heavy (non-hydrogen) atoms. The maximum Gasteiger partial charge on any atom is 0.203 e. The van der Waals surface area contributed by atoms with E-state index >= 15 is 0 Å². The molecule has 0 aromatic carbocycles. The fourth-order valence-corrected chi connectivity index (χ4v) is 3.79. The number of rotatable bonds is 7. The van der Waals surface area contributed by atoms with E-state index in [9.17, 15) is 0 Å². The summed E-state index contributed by atoms with van der Waals surface area (Å²) in [7, 11) is 0. The lowest BCUT2D eigenvalue weighted by atomic mass is 9.95. The third kappa shape index (κ3) is 2.78. The van der Waals surface area contributed by atoms with E-state index in [1.54, 1.807) is 0 Å². The number of ether oxygens (including phenoxy) is 1. The molecule has 0 radical (unpaired) electrons. The highest BCUT2D eigenvalue weighted by Gasteiger charge is 2.40. The van der Waals surface area contributed by atoms with Gasteiger partial charge in [0.05, 0.1) is 0 Å². The highest BCUT2D eigenvalue weighted by atomic mass is 16.5. The van der Waals surface area contributed by atoms with E-state index in [0.717, 1.165) is 44.0 Å². The lowest BCUT2D eigenvalue weighted by Gasteiger charge is -2.25. The van der Waals surface area contributed by atoms with Crippen LogP contribution in [0.25, 0.3) is 0 Å². The minimum absolute atomic E-state index is 0.690. The van der Waals surface area contributed by atoms with Gasteiger partial charge < -0.3 is 14.6 Å². The first kappa shape index (κ1) is 13.0. The Morgan fingerprint density at radius 3 is 3.11 bits per heavy atom. The number of nitrogens with one attached hydrogen (secondary N) is 1. The Morgan fingerprint density at radius 2 is 2.37 bits per heavy atom. The fraction of sp³-hybridized carbons (Fsp3) is 0.800.